The minimum absolute atomic E-state index is 0.00990. The first kappa shape index (κ1) is 27.9. The molecule has 1 aliphatic carbocycles. The number of oxazole rings is 1. The molecule has 12 heteroatoms. The predicted octanol–water partition coefficient (Wildman–Crippen LogP) is 4.94. The summed E-state index contributed by atoms with van der Waals surface area (Å²) in [5.41, 5.74) is 0.00386. The summed E-state index contributed by atoms with van der Waals surface area (Å²) in [5, 5.41) is 12.1. The molecule has 40 heavy (non-hydrogen) atoms. The van der Waals surface area contributed by atoms with Gasteiger partial charge in [-0.25, -0.2) is 9.37 Å². The molecule has 2 aromatic carbocycles. The summed E-state index contributed by atoms with van der Waals surface area (Å²) in [6.45, 7) is 2.88. The molecule has 2 aliphatic rings. The van der Waals surface area contributed by atoms with E-state index in [-0.39, 0.29) is 30.5 Å². The molecule has 1 saturated heterocycles. The Morgan fingerprint density at radius 1 is 1.10 bits per heavy atom. The highest BCUT2D eigenvalue weighted by molar-refractivity contribution is 5.77. The fourth-order valence-electron chi connectivity index (χ4n) is 5.22. The van der Waals surface area contributed by atoms with Crippen LogP contribution in [-0.4, -0.2) is 65.6 Å². The van der Waals surface area contributed by atoms with Gasteiger partial charge in [0.05, 0.1) is 29.8 Å². The quantitative estimate of drug-likeness (QED) is 0.410. The van der Waals surface area contributed by atoms with E-state index in [0.717, 1.165) is 6.07 Å². The SMILES string of the molecule is N#Cc1ccc(NC2CCC(OCC(=O)N3CCN(Cc4nc5cc(F)ccc5o4)CC3)CC2)cc1C(F)(F)F. The summed E-state index contributed by atoms with van der Waals surface area (Å²) < 4.78 is 64.7. The van der Waals surface area contributed by atoms with Gasteiger partial charge in [0, 0.05) is 44.0 Å². The van der Waals surface area contributed by atoms with Crippen molar-refractivity contribution in [2.45, 2.75) is 50.6 Å². The Bertz CT molecular complexity index is 1390. The molecule has 1 saturated carbocycles. The third-order valence-electron chi connectivity index (χ3n) is 7.41. The fourth-order valence-corrected chi connectivity index (χ4v) is 5.22. The molecule has 1 amide bonds. The van der Waals surface area contributed by atoms with E-state index in [0.29, 0.717) is 81.1 Å². The number of rotatable bonds is 7. The number of alkyl halides is 3. The van der Waals surface area contributed by atoms with Crippen molar-refractivity contribution < 1.29 is 31.5 Å². The Hall–Kier alpha value is -3.69. The summed E-state index contributed by atoms with van der Waals surface area (Å²) in [4.78, 5) is 21.0. The van der Waals surface area contributed by atoms with E-state index in [9.17, 15) is 22.4 Å². The van der Waals surface area contributed by atoms with E-state index in [1.807, 2.05) is 0 Å². The topological polar surface area (TPSA) is 94.6 Å². The van der Waals surface area contributed by atoms with Gasteiger partial charge in [0.25, 0.3) is 0 Å². The summed E-state index contributed by atoms with van der Waals surface area (Å²) in [6, 6.07) is 9.46. The molecule has 0 bridgehead atoms. The van der Waals surface area contributed by atoms with Crippen molar-refractivity contribution in [2.24, 2.45) is 0 Å². The lowest BCUT2D eigenvalue weighted by atomic mass is 9.92. The number of nitrogens with zero attached hydrogens (tertiary/aromatic N) is 4. The molecule has 1 aliphatic heterocycles. The lowest BCUT2D eigenvalue weighted by Crippen LogP contribution is -2.49. The number of nitriles is 1. The minimum atomic E-state index is -4.60. The molecule has 0 unspecified atom stereocenters. The number of carbonyl (C=O) groups is 1. The van der Waals surface area contributed by atoms with E-state index in [1.54, 1.807) is 17.0 Å². The maximum atomic E-state index is 13.4. The first-order valence-corrected chi connectivity index (χ1v) is 13.2. The Kier molecular flexibility index (Phi) is 8.23. The Labute approximate surface area is 228 Å². The number of fused-ring (bicyclic) bond motifs is 1. The second kappa shape index (κ2) is 11.8. The molecule has 1 N–H and O–H groups in total. The molecular weight excluding hydrogens is 530 g/mol. The van der Waals surface area contributed by atoms with Gasteiger partial charge in [-0.05, 0) is 56.0 Å². The van der Waals surface area contributed by atoms with Crippen LogP contribution in [0.2, 0.25) is 0 Å². The number of anilines is 1. The molecular formula is C28H29F4N5O3. The first-order chi connectivity index (χ1) is 19.2. The summed E-state index contributed by atoms with van der Waals surface area (Å²) in [6.07, 6.45) is -1.91. The number of amides is 1. The van der Waals surface area contributed by atoms with Gasteiger partial charge in [-0.2, -0.15) is 18.4 Å². The van der Waals surface area contributed by atoms with Gasteiger partial charge in [-0.1, -0.05) is 0 Å². The fraction of sp³-hybridized carbons (Fsp3) is 0.464. The molecule has 2 heterocycles. The zero-order chi connectivity index (χ0) is 28.3. The molecule has 5 rings (SSSR count). The first-order valence-electron chi connectivity index (χ1n) is 13.2. The van der Waals surface area contributed by atoms with Gasteiger partial charge in [-0.3, -0.25) is 9.69 Å². The minimum Gasteiger partial charge on any atom is -0.439 e. The van der Waals surface area contributed by atoms with Crippen molar-refractivity contribution in [1.82, 2.24) is 14.8 Å². The molecule has 0 radical (unpaired) electrons. The molecule has 3 aromatic rings. The van der Waals surface area contributed by atoms with Crippen LogP contribution >= 0.6 is 0 Å². The van der Waals surface area contributed by atoms with Gasteiger partial charge >= 0.3 is 6.18 Å². The van der Waals surface area contributed by atoms with Gasteiger partial charge in [0.15, 0.2) is 5.58 Å². The lowest BCUT2D eigenvalue weighted by molar-refractivity contribution is -0.140. The maximum absolute atomic E-state index is 13.4. The van der Waals surface area contributed by atoms with Crippen molar-refractivity contribution in [2.75, 3.05) is 38.1 Å². The second-order valence-electron chi connectivity index (χ2n) is 10.2. The van der Waals surface area contributed by atoms with E-state index in [4.69, 9.17) is 14.4 Å². The predicted molar refractivity (Wildman–Crippen MR) is 138 cm³/mol. The molecule has 0 atom stereocenters. The number of ether oxygens (including phenoxy) is 1. The van der Waals surface area contributed by atoms with Gasteiger partial charge in [-0.15, -0.1) is 0 Å². The van der Waals surface area contributed by atoms with Crippen LogP contribution in [-0.2, 0) is 22.3 Å². The largest absolute Gasteiger partial charge is 0.439 e. The van der Waals surface area contributed by atoms with Crippen molar-refractivity contribution in [1.29, 1.82) is 5.26 Å². The summed E-state index contributed by atoms with van der Waals surface area (Å²) >= 11 is 0. The number of aromatic nitrogens is 1. The highest BCUT2D eigenvalue weighted by Crippen LogP contribution is 2.34. The molecule has 8 nitrogen and oxygen atoms in total. The smallest absolute Gasteiger partial charge is 0.417 e. The highest BCUT2D eigenvalue weighted by Gasteiger charge is 2.34. The number of halogens is 4. The Morgan fingerprint density at radius 3 is 2.55 bits per heavy atom. The number of hydrogen-bond donors (Lipinski definition) is 1. The monoisotopic (exact) mass is 559 g/mol. The second-order valence-corrected chi connectivity index (χ2v) is 10.2. The van der Waals surface area contributed by atoms with Crippen LogP contribution in [0.3, 0.4) is 0 Å². The van der Waals surface area contributed by atoms with E-state index in [1.165, 1.54) is 24.3 Å². The van der Waals surface area contributed by atoms with Crippen LogP contribution in [0.25, 0.3) is 11.1 Å². The van der Waals surface area contributed by atoms with Crippen LogP contribution < -0.4 is 5.32 Å². The van der Waals surface area contributed by atoms with E-state index < -0.39 is 17.3 Å². The summed E-state index contributed by atoms with van der Waals surface area (Å²) in [7, 11) is 0. The molecule has 1 aromatic heterocycles. The number of nitrogens with one attached hydrogen (secondary N) is 1. The number of carbonyl (C=O) groups excluding carboxylic acids is 1. The zero-order valence-electron chi connectivity index (χ0n) is 21.7. The molecule has 212 valence electrons. The third kappa shape index (κ3) is 6.71. The van der Waals surface area contributed by atoms with Gasteiger partial charge in [0.2, 0.25) is 11.8 Å². The lowest BCUT2D eigenvalue weighted by Gasteiger charge is -2.35. The molecule has 2 fully saturated rings. The standard InChI is InChI=1S/C28H29F4N5O3/c29-19-2-8-25-24(13-19)35-26(40-25)16-36-9-11-37(12-10-36)27(38)17-39-22-6-4-20(5-7-22)34-21-3-1-18(15-33)23(14-21)28(30,31)32/h1-3,8,13-14,20,22,34H,4-7,9-12,16-17H2. The van der Waals surface area contributed by atoms with Crippen molar-refractivity contribution in [3.63, 3.8) is 0 Å². The zero-order valence-corrected chi connectivity index (χ0v) is 21.7. The normalized spacial score (nSPS) is 20.4. The number of piperazine rings is 1. The number of benzene rings is 2. The van der Waals surface area contributed by atoms with Gasteiger partial charge < -0.3 is 19.4 Å². The van der Waals surface area contributed by atoms with E-state index >= 15 is 0 Å². The number of hydrogen-bond acceptors (Lipinski definition) is 7. The van der Waals surface area contributed by atoms with Crippen LogP contribution in [0.5, 0.6) is 0 Å². The van der Waals surface area contributed by atoms with Crippen LogP contribution in [0.15, 0.2) is 40.8 Å². The summed E-state index contributed by atoms with van der Waals surface area (Å²) in [5.74, 6) is 0.0701. The highest BCUT2D eigenvalue weighted by atomic mass is 19.4. The maximum Gasteiger partial charge on any atom is 0.417 e. The van der Waals surface area contributed by atoms with Crippen LogP contribution in [0.4, 0.5) is 23.2 Å². The van der Waals surface area contributed by atoms with Gasteiger partial charge in [0.1, 0.15) is 17.9 Å². The van der Waals surface area contributed by atoms with Crippen molar-refractivity contribution in [3.05, 3.63) is 59.2 Å². The van der Waals surface area contributed by atoms with Crippen LogP contribution in [0, 0.1) is 17.1 Å². The molecule has 0 spiro atoms. The van der Waals surface area contributed by atoms with Crippen molar-refractivity contribution >= 4 is 22.7 Å². The average Bonchev–Trinajstić information content (AvgIpc) is 3.33. The van der Waals surface area contributed by atoms with Crippen LogP contribution in [0.1, 0.15) is 42.7 Å². The Morgan fingerprint density at radius 2 is 1.85 bits per heavy atom. The van der Waals surface area contributed by atoms with Crippen molar-refractivity contribution in [3.8, 4) is 6.07 Å². The average molecular weight is 560 g/mol. The third-order valence-corrected chi connectivity index (χ3v) is 7.41. The Balaban J connectivity index is 1.02. The van der Waals surface area contributed by atoms with E-state index in [2.05, 4.69) is 15.2 Å².